The van der Waals surface area contributed by atoms with Gasteiger partial charge in [-0.15, -0.1) is 0 Å². The van der Waals surface area contributed by atoms with Crippen molar-refractivity contribution in [2.24, 2.45) is 5.41 Å². The van der Waals surface area contributed by atoms with Crippen molar-refractivity contribution in [2.45, 2.75) is 45.2 Å². The first-order valence-electron chi connectivity index (χ1n) is 18.3. The lowest BCUT2D eigenvalue weighted by molar-refractivity contribution is -0.144. The molecule has 0 spiro atoms. The van der Waals surface area contributed by atoms with E-state index in [1.54, 1.807) is 33.0 Å². The topological polar surface area (TPSA) is 188 Å². The van der Waals surface area contributed by atoms with Crippen LogP contribution in [0.2, 0.25) is 0 Å². The third kappa shape index (κ3) is 8.53. The number of anilines is 1. The lowest BCUT2D eigenvalue weighted by Gasteiger charge is -2.38. The van der Waals surface area contributed by atoms with Crippen LogP contribution in [0.1, 0.15) is 72.2 Å². The second-order valence-electron chi connectivity index (χ2n) is 14.2. The molecule has 2 amide bonds. The van der Waals surface area contributed by atoms with Crippen LogP contribution in [0, 0.1) is 17.3 Å². The average Bonchev–Trinajstić information content (AvgIpc) is 3.66. The highest BCUT2D eigenvalue weighted by molar-refractivity contribution is 5.96. The molecule has 0 fully saturated rings. The molecule has 0 radical (unpaired) electrons. The number of hydrogen-bond donors (Lipinski definition) is 3. The molecule has 0 saturated carbocycles. The maximum Gasteiger partial charge on any atom is 0.328 e. The van der Waals surface area contributed by atoms with Crippen molar-refractivity contribution >= 4 is 40.7 Å². The van der Waals surface area contributed by atoms with Crippen molar-refractivity contribution in [3.05, 3.63) is 143 Å². The Kier molecular flexibility index (Phi) is 11.9. The van der Waals surface area contributed by atoms with E-state index in [1.807, 2.05) is 95.6 Å². The summed E-state index contributed by atoms with van der Waals surface area (Å²) in [6.45, 7) is 5.22. The molecule has 0 aliphatic heterocycles. The number of benzene rings is 3. The molecule has 1 atom stereocenters. The quantitative estimate of drug-likeness (QED) is 0.0871. The monoisotopic (exact) mass is 779 g/mol. The predicted molar refractivity (Wildman–Crippen MR) is 214 cm³/mol. The number of carbonyl (C=O) groups is 4. The Balaban J connectivity index is 1.53. The fourth-order valence-electron chi connectivity index (χ4n) is 6.31. The molecule has 3 N–H and O–H groups in total. The van der Waals surface area contributed by atoms with Crippen LogP contribution in [-0.2, 0) is 29.4 Å². The summed E-state index contributed by atoms with van der Waals surface area (Å²) in [6.07, 6.45) is 2.82. The van der Waals surface area contributed by atoms with E-state index in [0.717, 1.165) is 16.7 Å². The van der Waals surface area contributed by atoms with Crippen LogP contribution in [-0.4, -0.2) is 73.6 Å². The van der Waals surface area contributed by atoms with Crippen molar-refractivity contribution in [1.82, 2.24) is 29.8 Å². The zero-order chi connectivity index (χ0) is 41.5. The van der Waals surface area contributed by atoms with Crippen molar-refractivity contribution < 1.29 is 33.8 Å². The summed E-state index contributed by atoms with van der Waals surface area (Å²) in [5, 5.41) is 16.3. The fraction of sp³-hybridized carbons (Fsp3) is 0.227. The predicted octanol–water partition coefficient (Wildman–Crippen LogP) is 5.38. The van der Waals surface area contributed by atoms with Gasteiger partial charge in [-0.3, -0.25) is 19.7 Å². The summed E-state index contributed by atoms with van der Waals surface area (Å²) in [6, 6.07) is 29.5. The van der Waals surface area contributed by atoms with Crippen LogP contribution in [0.15, 0.2) is 109 Å². The molecule has 0 aliphatic carbocycles. The number of aromatic nitrogens is 5. The Bertz CT molecular complexity index is 2430. The number of hydrogen-bond acceptors (Lipinski definition) is 11. The normalized spacial score (nSPS) is 11.8. The number of nitrogens with one attached hydrogen (secondary N) is 2. The van der Waals surface area contributed by atoms with Crippen LogP contribution < -0.4 is 10.6 Å². The minimum absolute atomic E-state index is 0.0730. The van der Waals surface area contributed by atoms with E-state index < -0.39 is 40.7 Å². The molecule has 58 heavy (non-hydrogen) atoms. The number of pyridine rings is 1. The van der Waals surface area contributed by atoms with E-state index in [-0.39, 0.29) is 47.2 Å². The maximum absolute atomic E-state index is 14.1. The molecule has 3 aromatic heterocycles. The average molecular weight is 780 g/mol. The molecule has 0 saturated heterocycles. The van der Waals surface area contributed by atoms with Crippen molar-refractivity contribution in [3.8, 4) is 17.7 Å². The molecule has 6 aromatic rings. The van der Waals surface area contributed by atoms with Gasteiger partial charge < -0.3 is 24.5 Å². The largest absolute Gasteiger partial charge is 0.493 e. The van der Waals surface area contributed by atoms with Crippen LogP contribution >= 0.6 is 0 Å². The first-order chi connectivity index (χ1) is 27.8. The standard InChI is InChI=1S/C44H41N7O7/c1-43(2,3)41(56)50-42-48-37-32(38(53)49-42)25-28(26-45-37)21-23-35-46-34(39(54)47-33(40(55)58-5)22-24-36(52)57-4)27-51(35)44(29-15-9-6-10-16-29,30-17-11-7-12-18-30)31-19-13-8-14-20-31/h6-20,25-27,33H,22,24H2,1-5H3,(H,47,54)(H2,45,48,49,50,53,56)/t33-/m1/s1. The Morgan fingerprint density at radius 3 is 1.93 bits per heavy atom. The highest BCUT2D eigenvalue weighted by Crippen LogP contribution is 2.41. The van der Waals surface area contributed by atoms with Crippen LogP contribution in [0.3, 0.4) is 0 Å². The van der Waals surface area contributed by atoms with E-state index in [0.29, 0.717) is 5.56 Å². The molecule has 0 unspecified atom stereocenters. The fourth-order valence-corrected chi connectivity index (χ4v) is 6.31. The van der Waals surface area contributed by atoms with E-state index >= 15 is 0 Å². The SMILES string of the molecule is COC(=O)CC[C@@H](NC(=O)c1cn(C(c2ccccc2)(c2ccccc2)c2ccccc2)c(C#Cc2cnc3nc(NC(=O)C(C)(C)C)nc(O)c3c2)n1)C(=O)OC. The van der Waals surface area contributed by atoms with Crippen molar-refractivity contribution in [3.63, 3.8) is 0 Å². The van der Waals surface area contributed by atoms with Crippen LogP contribution in [0.4, 0.5) is 5.95 Å². The van der Waals surface area contributed by atoms with Crippen LogP contribution in [0.25, 0.3) is 11.0 Å². The number of nitrogens with zero attached hydrogens (tertiary/aromatic N) is 5. The van der Waals surface area contributed by atoms with E-state index in [2.05, 4.69) is 37.4 Å². The number of carbonyl (C=O) groups excluding carboxylic acids is 4. The summed E-state index contributed by atoms with van der Waals surface area (Å²) in [7, 11) is 2.42. The molecular weight excluding hydrogens is 739 g/mol. The molecule has 0 bridgehead atoms. The summed E-state index contributed by atoms with van der Waals surface area (Å²) in [4.78, 5) is 68.8. The first-order valence-corrected chi connectivity index (χ1v) is 18.3. The van der Waals surface area contributed by atoms with Gasteiger partial charge in [-0.25, -0.2) is 14.8 Å². The van der Waals surface area contributed by atoms with Gasteiger partial charge in [0.1, 0.15) is 17.3 Å². The second kappa shape index (κ2) is 17.2. The van der Waals surface area contributed by atoms with Gasteiger partial charge in [-0.2, -0.15) is 9.97 Å². The zero-order valence-electron chi connectivity index (χ0n) is 32.5. The van der Waals surface area contributed by atoms with E-state index in [4.69, 9.17) is 14.5 Å². The molecule has 14 heteroatoms. The second-order valence-corrected chi connectivity index (χ2v) is 14.2. The Morgan fingerprint density at radius 1 is 0.810 bits per heavy atom. The summed E-state index contributed by atoms with van der Waals surface area (Å²) in [5.41, 5.74) is 1.03. The minimum Gasteiger partial charge on any atom is -0.493 e. The summed E-state index contributed by atoms with van der Waals surface area (Å²) < 4.78 is 11.5. The first kappa shape index (κ1) is 40.3. The summed E-state index contributed by atoms with van der Waals surface area (Å²) in [5.74, 6) is 3.53. The molecule has 3 heterocycles. The number of aromatic hydroxyl groups is 1. The lowest BCUT2D eigenvalue weighted by atomic mass is 9.76. The highest BCUT2D eigenvalue weighted by Gasteiger charge is 2.41. The van der Waals surface area contributed by atoms with E-state index in [9.17, 15) is 24.3 Å². The smallest absolute Gasteiger partial charge is 0.328 e. The molecule has 0 aliphatic rings. The number of methoxy groups -OCH3 is 2. The van der Waals surface area contributed by atoms with Gasteiger partial charge in [0.25, 0.3) is 5.91 Å². The third-order valence-electron chi connectivity index (χ3n) is 9.29. The van der Waals surface area contributed by atoms with Crippen molar-refractivity contribution in [2.75, 3.05) is 19.5 Å². The number of ether oxygens (including phenoxy) is 2. The van der Waals surface area contributed by atoms with Gasteiger partial charge in [0.15, 0.2) is 11.5 Å². The Hall–Kier alpha value is -7.40. The molecule has 14 nitrogen and oxygen atoms in total. The highest BCUT2D eigenvalue weighted by atomic mass is 16.5. The van der Waals surface area contributed by atoms with Gasteiger partial charge in [-0.1, -0.05) is 118 Å². The van der Waals surface area contributed by atoms with E-state index in [1.165, 1.54) is 20.4 Å². The maximum atomic E-state index is 14.1. The Labute approximate surface area is 334 Å². The molecule has 3 aromatic carbocycles. The number of fused-ring (bicyclic) bond motifs is 1. The number of amides is 2. The van der Waals surface area contributed by atoms with Crippen LogP contribution in [0.5, 0.6) is 5.88 Å². The molecule has 6 rings (SSSR count). The van der Waals surface area contributed by atoms with Gasteiger partial charge >= 0.3 is 11.9 Å². The molecular formula is C44H41N7O7. The van der Waals surface area contributed by atoms with Gasteiger partial charge in [0, 0.05) is 29.8 Å². The number of imidazole rings is 1. The third-order valence-corrected chi connectivity index (χ3v) is 9.29. The lowest BCUT2D eigenvalue weighted by Crippen LogP contribution is -2.42. The number of rotatable bonds is 11. The summed E-state index contributed by atoms with van der Waals surface area (Å²) >= 11 is 0. The number of esters is 2. The molecule has 294 valence electrons. The Morgan fingerprint density at radius 2 is 1.40 bits per heavy atom. The van der Waals surface area contributed by atoms with Gasteiger partial charge in [-0.05, 0) is 35.1 Å². The van der Waals surface area contributed by atoms with Gasteiger partial charge in [0.2, 0.25) is 17.7 Å². The minimum atomic E-state index is -1.18. The van der Waals surface area contributed by atoms with Gasteiger partial charge in [0.05, 0.1) is 19.6 Å². The zero-order valence-corrected chi connectivity index (χ0v) is 32.5. The van der Waals surface area contributed by atoms with Crippen molar-refractivity contribution in [1.29, 1.82) is 0 Å².